The lowest BCUT2D eigenvalue weighted by atomic mass is 9.89. The van der Waals surface area contributed by atoms with Crippen LogP contribution in [0.4, 0.5) is 4.39 Å². The minimum atomic E-state index is -0.239. The Kier molecular flexibility index (Phi) is 6.59. The molecule has 0 aromatic heterocycles. The van der Waals surface area contributed by atoms with Gasteiger partial charge in [-0.25, -0.2) is 9.40 Å². The van der Waals surface area contributed by atoms with E-state index in [-0.39, 0.29) is 11.7 Å². The van der Waals surface area contributed by atoms with Crippen LogP contribution in [0.2, 0.25) is 0 Å². The van der Waals surface area contributed by atoms with Gasteiger partial charge in [-0.05, 0) is 48.9 Å². The van der Waals surface area contributed by atoms with Crippen molar-refractivity contribution in [2.75, 3.05) is 33.2 Å². The average molecular weight is 479 g/mol. The van der Waals surface area contributed by atoms with E-state index < -0.39 is 0 Å². The van der Waals surface area contributed by atoms with Gasteiger partial charge in [-0.15, -0.1) is 0 Å². The molecule has 8 heteroatoms. The maximum atomic E-state index is 13.8. The summed E-state index contributed by atoms with van der Waals surface area (Å²) in [5.74, 6) is -0.106. The zero-order chi connectivity index (χ0) is 23.7. The number of hydrogen-bond donors (Lipinski definition) is 3. The molecule has 34 heavy (non-hydrogen) atoms. The van der Waals surface area contributed by atoms with E-state index in [4.69, 9.17) is 0 Å². The van der Waals surface area contributed by atoms with Crippen LogP contribution in [0, 0.1) is 11.7 Å². The molecular weight excluding hydrogens is 446 g/mol. The van der Waals surface area contributed by atoms with Crippen molar-refractivity contribution < 1.29 is 4.39 Å². The highest BCUT2D eigenvalue weighted by Crippen LogP contribution is 2.40. The van der Waals surface area contributed by atoms with Gasteiger partial charge in [-0.3, -0.25) is 5.01 Å². The standard InChI is InChI=1S/C26H32FN6P/c1-18-15-21-16-20(5-8-23(21)30-18)26-25(19-3-6-22(27)7-4-19)29-10-9-28-17-24(34)33(26)32-13-11-31(2)12-14-32/h3-4,6-10,16-17,20,28-30H,1,5,11-15,34H2,2H3. The van der Waals surface area contributed by atoms with Gasteiger partial charge in [0.05, 0.1) is 16.8 Å². The fourth-order valence-corrected chi connectivity index (χ4v) is 5.30. The second kappa shape index (κ2) is 9.79. The number of benzene rings is 1. The molecule has 2 atom stereocenters. The molecule has 4 aliphatic rings. The molecule has 2 fully saturated rings. The van der Waals surface area contributed by atoms with Crippen molar-refractivity contribution in [3.63, 3.8) is 0 Å². The molecule has 178 valence electrons. The third-order valence-corrected chi connectivity index (χ3v) is 7.06. The smallest absolute Gasteiger partial charge is 0.123 e. The number of fused-ring (bicyclic) bond motifs is 1. The van der Waals surface area contributed by atoms with Gasteiger partial charge in [0, 0.05) is 68.5 Å². The Morgan fingerprint density at radius 1 is 1.09 bits per heavy atom. The number of rotatable bonds is 3. The number of piperazine rings is 1. The van der Waals surface area contributed by atoms with E-state index in [9.17, 15) is 4.39 Å². The number of hydrazine groups is 1. The highest BCUT2D eigenvalue weighted by Gasteiger charge is 2.33. The number of likely N-dealkylation sites (N-methyl/N-ethyl adjacent to an activating group) is 1. The zero-order valence-electron chi connectivity index (χ0n) is 19.5. The Morgan fingerprint density at radius 2 is 1.85 bits per heavy atom. The molecule has 1 aliphatic carbocycles. The summed E-state index contributed by atoms with van der Waals surface area (Å²) in [6.07, 6.45) is 12.1. The number of allylic oxidation sites excluding steroid dienone is 4. The van der Waals surface area contributed by atoms with Gasteiger partial charge in [-0.2, -0.15) is 0 Å². The highest BCUT2D eigenvalue weighted by atomic mass is 31.0. The minimum absolute atomic E-state index is 0.133. The van der Waals surface area contributed by atoms with Gasteiger partial charge in [0.1, 0.15) is 5.82 Å². The van der Waals surface area contributed by atoms with Crippen LogP contribution >= 0.6 is 9.24 Å². The van der Waals surface area contributed by atoms with Crippen LogP contribution in [0.1, 0.15) is 18.4 Å². The Balaban J connectivity index is 1.67. The maximum absolute atomic E-state index is 13.8. The summed E-state index contributed by atoms with van der Waals surface area (Å²) in [4.78, 5) is 2.36. The lowest BCUT2D eigenvalue weighted by molar-refractivity contribution is 0.00109. The zero-order valence-corrected chi connectivity index (χ0v) is 20.7. The van der Waals surface area contributed by atoms with Gasteiger partial charge in [0.2, 0.25) is 0 Å². The Morgan fingerprint density at radius 3 is 2.62 bits per heavy atom. The van der Waals surface area contributed by atoms with Gasteiger partial charge in [-0.1, -0.05) is 28.0 Å². The third-order valence-electron chi connectivity index (χ3n) is 6.65. The van der Waals surface area contributed by atoms with Crippen LogP contribution < -0.4 is 16.0 Å². The van der Waals surface area contributed by atoms with Crippen molar-refractivity contribution in [2.24, 2.45) is 5.92 Å². The van der Waals surface area contributed by atoms with Crippen molar-refractivity contribution in [3.8, 4) is 0 Å². The summed E-state index contributed by atoms with van der Waals surface area (Å²) < 4.78 is 13.8. The van der Waals surface area contributed by atoms with E-state index in [0.29, 0.717) is 0 Å². The van der Waals surface area contributed by atoms with Crippen LogP contribution in [-0.2, 0) is 0 Å². The normalized spacial score (nSPS) is 24.1. The van der Waals surface area contributed by atoms with E-state index in [0.717, 1.165) is 67.1 Å². The summed E-state index contributed by atoms with van der Waals surface area (Å²) >= 11 is 0. The fourth-order valence-electron chi connectivity index (χ4n) is 4.91. The Hall–Kier alpha value is -2.86. The van der Waals surface area contributed by atoms with Gasteiger partial charge in [0.15, 0.2) is 0 Å². The molecule has 3 aliphatic heterocycles. The molecule has 0 bridgehead atoms. The monoisotopic (exact) mass is 478 g/mol. The average Bonchev–Trinajstić information content (AvgIpc) is 3.23. The van der Waals surface area contributed by atoms with Crippen LogP contribution in [0.5, 0.6) is 0 Å². The molecular formula is C26H32FN6P. The second-order valence-electron chi connectivity index (χ2n) is 9.11. The van der Waals surface area contributed by atoms with Crippen molar-refractivity contribution in [1.29, 1.82) is 0 Å². The third kappa shape index (κ3) is 4.69. The molecule has 0 saturated carbocycles. The van der Waals surface area contributed by atoms with Crippen LogP contribution in [0.15, 0.2) is 89.7 Å². The molecule has 1 aromatic rings. The Bertz CT molecular complexity index is 1110. The second-order valence-corrected chi connectivity index (χ2v) is 9.70. The van der Waals surface area contributed by atoms with E-state index >= 15 is 0 Å². The number of nitrogens with zero attached hydrogens (tertiary/aromatic N) is 3. The van der Waals surface area contributed by atoms with Crippen molar-refractivity contribution >= 4 is 14.9 Å². The number of halogens is 1. The number of nitrogens with one attached hydrogen (secondary N) is 3. The highest BCUT2D eigenvalue weighted by molar-refractivity contribution is 7.22. The predicted molar refractivity (Wildman–Crippen MR) is 139 cm³/mol. The van der Waals surface area contributed by atoms with Gasteiger partial charge in [0.25, 0.3) is 0 Å². The molecule has 0 amide bonds. The fraction of sp³-hybridized carbons (Fsp3) is 0.308. The van der Waals surface area contributed by atoms with Crippen molar-refractivity contribution in [1.82, 2.24) is 30.9 Å². The first-order valence-corrected chi connectivity index (χ1v) is 12.3. The predicted octanol–water partition coefficient (Wildman–Crippen LogP) is 3.63. The van der Waals surface area contributed by atoms with E-state index in [1.807, 2.05) is 30.7 Å². The van der Waals surface area contributed by atoms with Gasteiger partial charge >= 0.3 is 0 Å². The molecule has 3 N–H and O–H groups in total. The summed E-state index contributed by atoms with van der Waals surface area (Å²) in [6, 6.07) is 6.75. The van der Waals surface area contributed by atoms with E-state index in [2.05, 4.69) is 65.9 Å². The minimum Gasteiger partial charge on any atom is -0.365 e. The largest absolute Gasteiger partial charge is 0.365 e. The molecule has 0 spiro atoms. The summed E-state index contributed by atoms with van der Waals surface area (Å²) in [6.45, 7) is 7.94. The molecule has 1 aromatic carbocycles. The summed E-state index contributed by atoms with van der Waals surface area (Å²) in [5.41, 5.74) is 7.58. The molecule has 0 radical (unpaired) electrons. The van der Waals surface area contributed by atoms with Crippen molar-refractivity contribution in [3.05, 3.63) is 101 Å². The van der Waals surface area contributed by atoms with E-state index in [1.165, 1.54) is 23.4 Å². The van der Waals surface area contributed by atoms with Gasteiger partial charge < -0.3 is 20.9 Å². The first-order chi connectivity index (χ1) is 16.5. The maximum Gasteiger partial charge on any atom is 0.123 e. The van der Waals surface area contributed by atoms with Crippen LogP contribution in [0.3, 0.4) is 0 Å². The molecule has 6 nitrogen and oxygen atoms in total. The summed E-state index contributed by atoms with van der Waals surface area (Å²) in [5, 5.41) is 14.9. The first kappa shape index (κ1) is 22.9. The summed E-state index contributed by atoms with van der Waals surface area (Å²) in [7, 11) is 5.07. The first-order valence-electron chi connectivity index (χ1n) is 11.7. The topological polar surface area (TPSA) is 45.8 Å². The quantitative estimate of drug-likeness (QED) is 0.577. The molecule has 3 heterocycles. The lowest BCUT2D eigenvalue weighted by Crippen LogP contribution is -2.52. The SMILES string of the molecule is C=C1CC2=CC(C3=C(c4ccc(F)cc4)NC=CNC=C(P)N3N3CCN(C)CC3)CC=C2N1. The number of hydrogen-bond acceptors (Lipinski definition) is 6. The van der Waals surface area contributed by atoms with E-state index in [1.54, 1.807) is 0 Å². The van der Waals surface area contributed by atoms with Crippen LogP contribution in [0.25, 0.3) is 5.70 Å². The molecule has 2 unspecified atom stereocenters. The van der Waals surface area contributed by atoms with Crippen LogP contribution in [-0.4, -0.2) is 48.1 Å². The molecule has 2 saturated heterocycles. The molecule has 5 rings (SSSR count). The van der Waals surface area contributed by atoms with Crippen molar-refractivity contribution in [2.45, 2.75) is 12.8 Å². The Labute approximate surface area is 203 Å². The lowest BCUT2D eigenvalue weighted by Gasteiger charge is -2.45.